The van der Waals surface area contributed by atoms with E-state index in [2.05, 4.69) is 37.9 Å². The largest absolute Gasteiger partial charge is 0.490 e. The van der Waals surface area contributed by atoms with Crippen molar-refractivity contribution in [1.82, 2.24) is 9.88 Å². The maximum atomic E-state index is 12.7. The summed E-state index contributed by atoms with van der Waals surface area (Å²) < 4.78 is 31.7. The Morgan fingerprint density at radius 3 is 2.17 bits per heavy atom. The highest BCUT2D eigenvalue weighted by Crippen LogP contribution is 2.27. The molecule has 0 radical (unpaired) electrons. The number of aliphatic carboxylic acids is 1. The van der Waals surface area contributed by atoms with Crippen LogP contribution in [0.15, 0.2) is 24.3 Å². The molecule has 1 aromatic heterocycles. The molecule has 0 aliphatic rings. The van der Waals surface area contributed by atoms with Crippen molar-refractivity contribution in [2.45, 2.75) is 52.4 Å². The summed E-state index contributed by atoms with van der Waals surface area (Å²) in [7, 11) is 1.82. The molecule has 0 unspecified atom stereocenters. The summed E-state index contributed by atoms with van der Waals surface area (Å²) in [5, 5.41) is 7.93. The smallest absolute Gasteiger partial charge is 0.475 e. The second kappa shape index (κ2) is 10.0. The summed E-state index contributed by atoms with van der Waals surface area (Å²) in [5.41, 5.74) is 8.62. The molecule has 2 rings (SSSR count). The van der Waals surface area contributed by atoms with Gasteiger partial charge in [-0.25, -0.2) is 9.78 Å². The number of benzene rings is 1. The third kappa shape index (κ3) is 7.10. The number of nitrogens with two attached hydrogens (primary N) is 1. The van der Waals surface area contributed by atoms with Crippen molar-refractivity contribution in [3.05, 3.63) is 51.0 Å². The highest BCUT2D eigenvalue weighted by Gasteiger charge is 2.38. The zero-order chi connectivity index (χ0) is 23.3. The molecule has 0 saturated heterocycles. The lowest BCUT2D eigenvalue weighted by Crippen LogP contribution is -2.28. The number of alkyl halides is 3. The van der Waals surface area contributed by atoms with E-state index in [0.717, 1.165) is 9.88 Å². The summed E-state index contributed by atoms with van der Waals surface area (Å²) >= 11 is 1.49. The van der Waals surface area contributed by atoms with Crippen LogP contribution in [0.25, 0.3) is 0 Å². The summed E-state index contributed by atoms with van der Waals surface area (Å²) in [6, 6.07) is 8.28. The van der Waals surface area contributed by atoms with Gasteiger partial charge in [-0.1, -0.05) is 45.0 Å². The van der Waals surface area contributed by atoms with Gasteiger partial charge in [-0.2, -0.15) is 13.2 Å². The number of carboxylic acid groups (broad SMARTS) is 1. The van der Waals surface area contributed by atoms with Gasteiger partial charge in [0.05, 0.1) is 0 Å². The molecule has 6 nitrogen and oxygen atoms in total. The predicted octanol–water partition coefficient (Wildman–Crippen LogP) is 4.11. The minimum absolute atomic E-state index is 0.0454. The lowest BCUT2D eigenvalue weighted by Gasteiger charge is -2.25. The van der Waals surface area contributed by atoms with Crippen molar-refractivity contribution in [2.24, 2.45) is 5.73 Å². The van der Waals surface area contributed by atoms with Gasteiger partial charge in [0.25, 0.3) is 5.91 Å². The van der Waals surface area contributed by atoms with Crippen LogP contribution < -0.4 is 5.73 Å². The topological polar surface area (TPSA) is 96.5 Å². The average Bonchev–Trinajstić information content (AvgIpc) is 3.01. The Bertz CT molecular complexity index is 889. The summed E-state index contributed by atoms with van der Waals surface area (Å²) in [4.78, 5) is 28.6. The standard InChI is InChI=1S/C18H25N3OS.C2HF3O2/c1-12-16(20-15(10-19)23-12)17(22)21(5)11-13-8-6-7-9-14(13)18(2,3)4;3-2(4,5)1(6)7/h6-9H,10-11,19H2,1-5H3;(H,6,7). The molecule has 0 bridgehead atoms. The fourth-order valence-corrected chi connectivity index (χ4v) is 3.44. The molecule has 3 N–H and O–H groups in total. The minimum atomic E-state index is -5.08. The maximum Gasteiger partial charge on any atom is 0.490 e. The molecule has 1 amide bonds. The Balaban J connectivity index is 0.000000553. The minimum Gasteiger partial charge on any atom is -0.475 e. The molecule has 0 aliphatic heterocycles. The second-order valence-corrected chi connectivity index (χ2v) is 8.88. The van der Waals surface area contributed by atoms with E-state index in [1.807, 2.05) is 26.1 Å². The quantitative estimate of drug-likeness (QED) is 0.738. The van der Waals surface area contributed by atoms with Gasteiger partial charge in [0.15, 0.2) is 0 Å². The van der Waals surface area contributed by atoms with Gasteiger partial charge in [0.1, 0.15) is 10.7 Å². The number of halogens is 3. The first-order valence-corrected chi connectivity index (χ1v) is 9.80. The third-order valence-electron chi connectivity index (χ3n) is 4.04. The highest BCUT2D eigenvalue weighted by molar-refractivity contribution is 7.11. The van der Waals surface area contributed by atoms with Gasteiger partial charge < -0.3 is 15.7 Å². The van der Waals surface area contributed by atoms with Crippen LogP contribution in [0.2, 0.25) is 0 Å². The summed E-state index contributed by atoms with van der Waals surface area (Å²) in [6.45, 7) is 9.42. The number of nitrogens with zero attached hydrogens (tertiary/aromatic N) is 2. The maximum absolute atomic E-state index is 12.7. The Morgan fingerprint density at radius 2 is 1.73 bits per heavy atom. The van der Waals surface area contributed by atoms with E-state index in [-0.39, 0.29) is 11.3 Å². The van der Waals surface area contributed by atoms with Crippen LogP contribution in [0.4, 0.5) is 13.2 Å². The molecule has 1 aromatic carbocycles. The molecule has 0 spiro atoms. The first-order chi connectivity index (χ1) is 13.7. The predicted molar refractivity (Wildman–Crippen MR) is 109 cm³/mol. The van der Waals surface area contributed by atoms with Crippen LogP contribution in [0.1, 0.15) is 52.3 Å². The number of hydrogen-bond donors (Lipinski definition) is 2. The van der Waals surface area contributed by atoms with Gasteiger partial charge in [-0.05, 0) is 23.5 Å². The van der Waals surface area contributed by atoms with Gasteiger partial charge in [-0.3, -0.25) is 4.79 Å². The van der Waals surface area contributed by atoms with Crippen LogP contribution in [-0.4, -0.2) is 40.1 Å². The monoisotopic (exact) mass is 445 g/mol. The van der Waals surface area contributed by atoms with Crippen molar-refractivity contribution in [2.75, 3.05) is 7.05 Å². The first kappa shape index (κ1) is 25.6. The number of rotatable bonds is 4. The zero-order valence-corrected chi connectivity index (χ0v) is 18.3. The third-order valence-corrected chi connectivity index (χ3v) is 5.03. The fraction of sp³-hybridized carbons (Fsp3) is 0.450. The molecular weight excluding hydrogens is 419 g/mol. The first-order valence-electron chi connectivity index (χ1n) is 8.98. The zero-order valence-electron chi connectivity index (χ0n) is 17.5. The SMILES string of the molecule is Cc1sc(CN)nc1C(=O)N(C)Cc1ccccc1C(C)(C)C.O=C(O)C(F)(F)F. The second-order valence-electron chi connectivity index (χ2n) is 7.59. The van der Waals surface area contributed by atoms with Crippen molar-refractivity contribution in [3.63, 3.8) is 0 Å². The van der Waals surface area contributed by atoms with Crippen LogP contribution in [-0.2, 0) is 23.3 Å². The van der Waals surface area contributed by atoms with Crippen LogP contribution in [0.3, 0.4) is 0 Å². The Kier molecular flexibility index (Phi) is 8.55. The van der Waals surface area contributed by atoms with E-state index in [0.29, 0.717) is 18.8 Å². The van der Waals surface area contributed by atoms with Gasteiger partial charge in [0.2, 0.25) is 0 Å². The van der Waals surface area contributed by atoms with Gasteiger partial charge >= 0.3 is 12.1 Å². The normalized spacial score (nSPS) is 11.5. The Morgan fingerprint density at radius 1 is 1.20 bits per heavy atom. The Labute approximate surface area is 177 Å². The van der Waals surface area contributed by atoms with Crippen molar-refractivity contribution in [1.29, 1.82) is 0 Å². The average molecular weight is 446 g/mol. The van der Waals surface area contributed by atoms with Crippen molar-refractivity contribution >= 4 is 23.2 Å². The molecule has 0 atom stereocenters. The van der Waals surface area contributed by atoms with Crippen molar-refractivity contribution in [3.8, 4) is 0 Å². The van der Waals surface area contributed by atoms with E-state index < -0.39 is 12.1 Å². The molecule has 0 aliphatic carbocycles. The van der Waals surface area contributed by atoms with Gasteiger partial charge in [0, 0.05) is 25.0 Å². The number of amides is 1. The molecule has 0 saturated carbocycles. The van der Waals surface area contributed by atoms with E-state index in [9.17, 15) is 18.0 Å². The number of carbonyl (C=O) groups excluding carboxylic acids is 1. The number of hydrogen-bond acceptors (Lipinski definition) is 5. The number of carboxylic acids is 1. The molecule has 0 fully saturated rings. The van der Waals surface area contributed by atoms with Crippen LogP contribution in [0, 0.1) is 6.92 Å². The highest BCUT2D eigenvalue weighted by atomic mass is 32.1. The lowest BCUT2D eigenvalue weighted by molar-refractivity contribution is -0.192. The van der Waals surface area contributed by atoms with Crippen LogP contribution in [0.5, 0.6) is 0 Å². The molecule has 10 heteroatoms. The number of thiazole rings is 1. The molecule has 166 valence electrons. The molecular formula is C20H26F3N3O3S. The van der Waals surface area contributed by atoms with E-state index in [1.54, 1.807) is 4.90 Å². The van der Waals surface area contributed by atoms with E-state index in [1.165, 1.54) is 22.5 Å². The van der Waals surface area contributed by atoms with E-state index >= 15 is 0 Å². The number of aromatic nitrogens is 1. The Hall–Kier alpha value is -2.46. The fourth-order valence-electron chi connectivity index (χ4n) is 2.63. The van der Waals surface area contributed by atoms with Crippen molar-refractivity contribution < 1.29 is 27.9 Å². The van der Waals surface area contributed by atoms with E-state index in [4.69, 9.17) is 15.6 Å². The summed E-state index contributed by atoms with van der Waals surface area (Å²) in [6.07, 6.45) is -5.08. The summed E-state index contributed by atoms with van der Waals surface area (Å²) in [5.74, 6) is -2.81. The molecule has 2 aromatic rings. The van der Waals surface area contributed by atoms with Crippen LogP contribution >= 0.6 is 11.3 Å². The lowest BCUT2D eigenvalue weighted by atomic mass is 9.83. The number of carbonyl (C=O) groups is 2. The molecule has 1 heterocycles. The van der Waals surface area contributed by atoms with Gasteiger partial charge in [-0.15, -0.1) is 11.3 Å². The number of aryl methyl sites for hydroxylation is 1. The molecule has 30 heavy (non-hydrogen) atoms.